The summed E-state index contributed by atoms with van der Waals surface area (Å²) in [5, 5.41) is 10.1. The number of carbonyl (C=O) groups excluding carboxylic acids is 1. The Kier molecular flexibility index (Phi) is 11.4. The molecule has 1 atom stereocenters. The van der Waals surface area contributed by atoms with Crippen molar-refractivity contribution in [2.45, 2.75) is 57.4 Å². The molecule has 2 fully saturated rings. The predicted molar refractivity (Wildman–Crippen MR) is 142 cm³/mol. The number of nitrogens with zero attached hydrogens (tertiary/aromatic N) is 2. The van der Waals surface area contributed by atoms with Crippen LogP contribution in [0.15, 0.2) is 48.5 Å². The summed E-state index contributed by atoms with van der Waals surface area (Å²) >= 11 is 5.92. The lowest BCUT2D eigenvalue weighted by Gasteiger charge is -2.36. The highest BCUT2D eigenvalue weighted by Crippen LogP contribution is 2.29. The van der Waals surface area contributed by atoms with Crippen LogP contribution in [0.4, 0.5) is 8.78 Å². The summed E-state index contributed by atoms with van der Waals surface area (Å²) in [6.07, 6.45) is 9.41. The Morgan fingerprint density at radius 2 is 1.64 bits per heavy atom. The van der Waals surface area contributed by atoms with Gasteiger partial charge >= 0.3 is 0 Å². The molecule has 0 radical (unpaired) electrons. The minimum atomic E-state index is -0.639. The maximum absolute atomic E-state index is 12.9. The van der Waals surface area contributed by atoms with Crippen LogP contribution in [0.2, 0.25) is 5.02 Å². The van der Waals surface area contributed by atoms with Crippen molar-refractivity contribution in [2.75, 3.05) is 32.8 Å². The second-order valence-electron chi connectivity index (χ2n) is 9.53. The Labute approximate surface area is 218 Å². The van der Waals surface area contributed by atoms with E-state index in [0.29, 0.717) is 17.5 Å². The quantitative estimate of drug-likeness (QED) is 0.458. The third kappa shape index (κ3) is 8.68. The molecule has 2 saturated heterocycles. The highest BCUT2D eigenvalue weighted by atomic mass is 35.5. The summed E-state index contributed by atoms with van der Waals surface area (Å²) in [5.41, 5.74) is 1.76. The van der Waals surface area contributed by atoms with Crippen molar-refractivity contribution in [3.63, 3.8) is 0 Å². The smallest absolute Gasteiger partial charge is 0.246 e. The summed E-state index contributed by atoms with van der Waals surface area (Å²) in [5.74, 6) is -0.728. The monoisotopic (exact) mass is 518 g/mol. The van der Waals surface area contributed by atoms with Crippen molar-refractivity contribution in [1.82, 2.24) is 9.80 Å². The number of carbonyl (C=O) groups is 1. The molecule has 2 aliphatic heterocycles. The van der Waals surface area contributed by atoms with E-state index >= 15 is 0 Å². The molecule has 0 saturated carbocycles. The lowest BCUT2D eigenvalue weighted by Crippen LogP contribution is -2.42. The number of benzene rings is 2. The van der Waals surface area contributed by atoms with Gasteiger partial charge in [-0.25, -0.2) is 8.78 Å². The lowest BCUT2D eigenvalue weighted by atomic mass is 9.89. The van der Waals surface area contributed by atoms with Gasteiger partial charge in [0.05, 0.1) is 6.61 Å². The molecular formula is C29H37ClF2N2O2. The first-order chi connectivity index (χ1) is 17.4. The molecule has 36 heavy (non-hydrogen) atoms. The number of piperidine rings is 2. The molecular weight excluding hydrogens is 482 g/mol. The zero-order valence-electron chi connectivity index (χ0n) is 21.0. The Bertz CT molecular complexity index is 961. The van der Waals surface area contributed by atoms with E-state index in [1.165, 1.54) is 42.7 Å². The van der Waals surface area contributed by atoms with Crippen LogP contribution in [0.25, 0.3) is 6.08 Å². The van der Waals surface area contributed by atoms with Gasteiger partial charge in [-0.1, -0.05) is 30.7 Å². The van der Waals surface area contributed by atoms with Crippen molar-refractivity contribution in [1.29, 1.82) is 0 Å². The van der Waals surface area contributed by atoms with E-state index in [1.807, 2.05) is 12.1 Å². The van der Waals surface area contributed by atoms with Crippen molar-refractivity contribution < 1.29 is 18.7 Å². The highest BCUT2D eigenvalue weighted by Gasteiger charge is 2.24. The van der Waals surface area contributed by atoms with Crippen LogP contribution in [0.3, 0.4) is 0 Å². The lowest BCUT2D eigenvalue weighted by molar-refractivity contribution is -0.126. The summed E-state index contributed by atoms with van der Waals surface area (Å²) < 4.78 is 25.9. The largest absolute Gasteiger partial charge is 0.395 e. The van der Waals surface area contributed by atoms with E-state index in [0.717, 1.165) is 63.0 Å². The first-order valence-electron chi connectivity index (χ1n) is 12.9. The van der Waals surface area contributed by atoms with E-state index in [4.69, 9.17) is 11.6 Å². The van der Waals surface area contributed by atoms with E-state index in [2.05, 4.69) is 24.0 Å². The minimum absolute atomic E-state index is 0.0978. The van der Waals surface area contributed by atoms with Gasteiger partial charge in [-0.15, -0.1) is 0 Å². The van der Waals surface area contributed by atoms with Gasteiger partial charge in [0.25, 0.3) is 0 Å². The maximum Gasteiger partial charge on any atom is 0.246 e. The van der Waals surface area contributed by atoms with Crippen molar-refractivity contribution in [2.24, 2.45) is 0 Å². The molecule has 4 rings (SSSR count). The van der Waals surface area contributed by atoms with E-state index in [9.17, 15) is 18.7 Å². The molecule has 2 aromatic rings. The first-order valence-corrected chi connectivity index (χ1v) is 13.3. The molecule has 0 spiro atoms. The van der Waals surface area contributed by atoms with E-state index in [1.54, 1.807) is 4.90 Å². The second kappa shape index (κ2) is 14.5. The molecule has 0 aromatic heterocycles. The van der Waals surface area contributed by atoms with Crippen LogP contribution < -0.4 is 0 Å². The molecule has 0 aliphatic carbocycles. The third-order valence-corrected chi connectivity index (χ3v) is 7.29. The number of halogens is 3. The maximum atomic E-state index is 12.9. The van der Waals surface area contributed by atoms with Crippen LogP contribution in [0.5, 0.6) is 0 Å². The molecule has 2 aliphatic rings. The number of aliphatic hydroxyl groups is 1. The molecule has 4 nitrogen and oxygen atoms in total. The number of rotatable bonds is 6. The molecule has 1 N–H and O–H groups in total. The second-order valence-corrected chi connectivity index (χ2v) is 9.96. The standard InChI is InChI=1S/C15H22ClNO.C14H15F2NO/c1-2-15(11-18)17-9-7-13(8-10-17)12-3-5-14(16)6-4-12;15-12-8-11(9-13(16)10-12)4-5-14(18)17-6-2-1-3-7-17/h3-6,13,15,18H,2,7-11H2,1H3;4-5,8-10H,1-3,6-7H2/b;5-4+. The summed E-state index contributed by atoms with van der Waals surface area (Å²) in [7, 11) is 0. The van der Waals surface area contributed by atoms with Crippen LogP contribution >= 0.6 is 11.6 Å². The van der Waals surface area contributed by atoms with Gasteiger partial charge in [0.1, 0.15) is 11.6 Å². The van der Waals surface area contributed by atoms with Crippen molar-refractivity contribution in [3.8, 4) is 0 Å². The molecule has 1 unspecified atom stereocenters. The van der Waals surface area contributed by atoms with Crippen LogP contribution in [-0.4, -0.2) is 59.6 Å². The van der Waals surface area contributed by atoms with Crippen LogP contribution in [0, 0.1) is 11.6 Å². The summed E-state index contributed by atoms with van der Waals surface area (Å²) in [4.78, 5) is 16.0. The molecule has 0 bridgehead atoms. The van der Waals surface area contributed by atoms with Gasteiger partial charge in [0.15, 0.2) is 0 Å². The van der Waals surface area contributed by atoms with Crippen molar-refractivity contribution in [3.05, 3.63) is 76.3 Å². The SMILES string of the molecule is CCC(CO)N1CCC(c2ccc(Cl)cc2)CC1.O=C(/C=C/c1cc(F)cc(F)c1)N1CCCCC1. The molecule has 2 aromatic carbocycles. The van der Waals surface area contributed by atoms with Crippen molar-refractivity contribution >= 4 is 23.6 Å². The first kappa shape index (κ1) is 28.3. The normalized spacial score (nSPS) is 18.1. The van der Waals surface area contributed by atoms with Crippen LogP contribution in [-0.2, 0) is 4.79 Å². The zero-order chi connectivity index (χ0) is 25.9. The number of aliphatic hydroxyl groups excluding tert-OH is 1. The summed E-state index contributed by atoms with van der Waals surface area (Å²) in [6, 6.07) is 11.8. The fourth-order valence-electron chi connectivity index (χ4n) is 4.89. The van der Waals surface area contributed by atoms with Gasteiger partial charge in [-0.3, -0.25) is 9.69 Å². The highest BCUT2D eigenvalue weighted by molar-refractivity contribution is 6.30. The number of amides is 1. The number of hydrogen-bond donors (Lipinski definition) is 1. The van der Waals surface area contributed by atoms with Gasteiger partial charge in [0, 0.05) is 36.3 Å². The number of likely N-dealkylation sites (tertiary alicyclic amines) is 2. The zero-order valence-corrected chi connectivity index (χ0v) is 21.8. The Balaban J connectivity index is 0.000000201. The van der Waals surface area contributed by atoms with Gasteiger partial charge in [-0.2, -0.15) is 0 Å². The fraction of sp³-hybridized carbons (Fsp3) is 0.483. The van der Waals surface area contributed by atoms with E-state index < -0.39 is 11.6 Å². The summed E-state index contributed by atoms with van der Waals surface area (Å²) in [6.45, 7) is 6.13. The van der Waals surface area contributed by atoms with E-state index in [-0.39, 0.29) is 12.5 Å². The average molecular weight is 519 g/mol. The van der Waals surface area contributed by atoms with Gasteiger partial charge < -0.3 is 10.0 Å². The Morgan fingerprint density at radius 1 is 1.03 bits per heavy atom. The predicted octanol–water partition coefficient (Wildman–Crippen LogP) is 6.28. The average Bonchev–Trinajstić information content (AvgIpc) is 2.89. The molecule has 196 valence electrons. The minimum Gasteiger partial charge on any atom is -0.395 e. The van der Waals surface area contributed by atoms with Gasteiger partial charge in [0.2, 0.25) is 5.91 Å². The number of hydrogen-bond acceptors (Lipinski definition) is 3. The molecule has 2 heterocycles. The molecule has 7 heteroatoms. The Morgan fingerprint density at radius 3 is 2.19 bits per heavy atom. The Hall–Kier alpha value is -2.28. The third-order valence-electron chi connectivity index (χ3n) is 7.04. The fourth-order valence-corrected chi connectivity index (χ4v) is 5.02. The van der Waals surface area contributed by atoms with Gasteiger partial charge in [-0.05, 0) is 99.0 Å². The molecule has 1 amide bonds. The topological polar surface area (TPSA) is 43.8 Å². The van der Waals surface area contributed by atoms with Crippen LogP contribution in [0.1, 0.15) is 62.5 Å².